The Morgan fingerprint density at radius 2 is 1.29 bits per heavy atom. The molecule has 0 saturated carbocycles. The van der Waals surface area contributed by atoms with E-state index in [1.807, 2.05) is 12.1 Å². The van der Waals surface area contributed by atoms with Gasteiger partial charge in [-0.3, -0.25) is 0 Å². The molecule has 2 aromatic rings. The molecule has 2 nitrogen and oxygen atoms in total. The van der Waals surface area contributed by atoms with Gasteiger partial charge in [0.05, 0.1) is 0 Å². The number of rotatable bonds is 5. The molecule has 0 heterocycles. The fourth-order valence-electron chi connectivity index (χ4n) is 2.00. The van der Waals surface area contributed by atoms with Crippen LogP contribution in [0.4, 0.5) is 0 Å². The Morgan fingerprint density at radius 3 is 1.67 bits per heavy atom. The Bertz CT molecular complexity index is 486. The molecule has 0 fully saturated rings. The Hall–Kier alpha value is -1.32. The minimum absolute atomic E-state index is 0. The second-order valence-corrected chi connectivity index (χ2v) is 4.58. The molecule has 1 atom stereocenters. The van der Waals surface area contributed by atoms with Gasteiger partial charge < -0.3 is 11.5 Å². The molecule has 2 aromatic carbocycles. The lowest BCUT2D eigenvalue weighted by Gasteiger charge is -2.11. The van der Waals surface area contributed by atoms with Crippen LogP contribution >= 0.6 is 24.8 Å². The highest BCUT2D eigenvalue weighted by Gasteiger charge is 2.05. The molecule has 0 amide bonds. The second kappa shape index (κ2) is 10.4. The number of hydrogen-bond donors (Lipinski definition) is 2. The van der Waals surface area contributed by atoms with Crippen LogP contribution in [0.15, 0.2) is 66.7 Å². The summed E-state index contributed by atoms with van der Waals surface area (Å²) in [5.74, 6) is 0. The molecule has 0 spiro atoms. The van der Waals surface area contributed by atoms with Crippen molar-refractivity contribution in [2.75, 3.05) is 6.54 Å². The molecule has 0 aliphatic carbocycles. The molecule has 2 rings (SSSR count). The van der Waals surface area contributed by atoms with Gasteiger partial charge >= 0.3 is 0 Å². The van der Waals surface area contributed by atoms with Crippen molar-refractivity contribution in [3.63, 3.8) is 0 Å². The zero-order valence-corrected chi connectivity index (χ0v) is 13.4. The molecule has 21 heavy (non-hydrogen) atoms. The highest BCUT2D eigenvalue weighted by Crippen LogP contribution is 2.23. The van der Waals surface area contributed by atoms with Crippen molar-refractivity contribution in [3.05, 3.63) is 77.9 Å². The summed E-state index contributed by atoms with van der Waals surface area (Å²) in [6.07, 6.45) is 2.97. The number of nitrogens with two attached hydrogens (primary N) is 2. The lowest BCUT2D eigenvalue weighted by atomic mass is 9.96. The first kappa shape index (κ1) is 19.7. The number of halogens is 2. The van der Waals surface area contributed by atoms with Crippen LogP contribution in [0, 0.1) is 0 Å². The molecule has 0 radical (unpaired) electrons. The number of hydrogen-bond acceptors (Lipinski definition) is 2. The smallest absolute Gasteiger partial charge is 0.0198 e. The van der Waals surface area contributed by atoms with Crippen LogP contribution in [0.3, 0.4) is 0 Å². The maximum atomic E-state index is 5.91. The lowest BCUT2D eigenvalue weighted by molar-refractivity contribution is 0.694. The molecular formula is C17H22Cl2N2. The molecule has 0 aliphatic heterocycles. The van der Waals surface area contributed by atoms with E-state index >= 15 is 0 Å². The van der Waals surface area contributed by atoms with Gasteiger partial charge in [-0.2, -0.15) is 0 Å². The summed E-state index contributed by atoms with van der Waals surface area (Å²) in [5.41, 5.74) is 15.1. The van der Waals surface area contributed by atoms with Crippen LogP contribution in [0.5, 0.6) is 0 Å². The van der Waals surface area contributed by atoms with Crippen LogP contribution < -0.4 is 11.5 Å². The quantitative estimate of drug-likeness (QED) is 0.882. The minimum atomic E-state index is 0. The molecular weight excluding hydrogens is 303 g/mol. The molecule has 0 bridgehead atoms. The first-order chi connectivity index (χ1) is 9.31. The summed E-state index contributed by atoms with van der Waals surface area (Å²) < 4.78 is 0. The van der Waals surface area contributed by atoms with Crippen molar-refractivity contribution >= 4 is 30.4 Å². The van der Waals surface area contributed by atoms with Gasteiger partial charge in [-0.25, -0.2) is 0 Å². The van der Waals surface area contributed by atoms with E-state index in [0.717, 1.165) is 6.42 Å². The Labute approximate surface area is 139 Å². The van der Waals surface area contributed by atoms with Crippen molar-refractivity contribution in [1.82, 2.24) is 0 Å². The highest BCUT2D eigenvalue weighted by molar-refractivity contribution is 5.85. The summed E-state index contributed by atoms with van der Waals surface area (Å²) in [7, 11) is 0. The van der Waals surface area contributed by atoms with Gasteiger partial charge in [0.15, 0.2) is 0 Å². The summed E-state index contributed by atoms with van der Waals surface area (Å²) in [6.45, 7) is 0.507. The van der Waals surface area contributed by atoms with Gasteiger partial charge in [-0.05, 0) is 23.1 Å². The van der Waals surface area contributed by atoms with Gasteiger partial charge in [0.25, 0.3) is 0 Å². The van der Waals surface area contributed by atoms with E-state index in [1.165, 1.54) is 16.7 Å². The van der Waals surface area contributed by atoms with Crippen molar-refractivity contribution < 1.29 is 0 Å². The van der Waals surface area contributed by atoms with Gasteiger partial charge in [-0.1, -0.05) is 66.7 Å². The Morgan fingerprint density at radius 1 is 0.857 bits per heavy atom. The summed E-state index contributed by atoms with van der Waals surface area (Å²) in [6, 6.07) is 20.7. The van der Waals surface area contributed by atoms with E-state index in [4.69, 9.17) is 11.5 Å². The van der Waals surface area contributed by atoms with E-state index in [9.17, 15) is 0 Å². The van der Waals surface area contributed by atoms with Crippen LogP contribution in [0.2, 0.25) is 0 Å². The van der Waals surface area contributed by atoms with Crippen LogP contribution in [0.25, 0.3) is 5.57 Å². The standard InChI is InChI=1S/C17H20N2.2ClH/c18-13-16(19)11-12-17(14-7-3-1-4-8-14)15-9-5-2-6-10-15;;/h1-10,12,16H,11,13,18-19H2;2*1H. The zero-order valence-electron chi connectivity index (χ0n) is 11.8. The first-order valence-corrected chi connectivity index (χ1v) is 6.58. The SMILES string of the molecule is Cl.Cl.NCC(N)CC=C(c1ccccc1)c1ccccc1. The summed E-state index contributed by atoms with van der Waals surface area (Å²) in [4.78, 5) is 0. The maximum absolute atomic E-state index is 5.91. The predicted octanol–water partition coefficient (Wildman–Crippen LogP) is 3.64. The highest BCUT2D eigenvalue weighted by atomic mass is 35.5. The van der Waals surface area contributed by atoms with Crippen LogP contribution in [0.1, 0.15) is 17.5 Å². The molecule has 0 saturated heterocycles. The third-order valence-corrected chi connectivity index (χ3v) is 3.10. The molecule has 0 aliphatic rings. The van der Waals surface area contributed by atoms with Crippen molar-refractivity contribution in [2.24, 2.45) is 11.5 Å². The first-order valence-electron chi connectivity index (χ1n) is 6.58. The molecule has 114 valence electrons. The lowest BCUT2D eigenvalue weighted by Crippen LogP contribution is -2.28. The van der Waals surface area contributed by atoms with Gasteiger partial charge in [0.1, 0.15) is 0 Å². The predicted molar refractivity (Wildman–Crippen MR) is 96.1 cm³/mol. The summed E-state index contributed by atoms with van der Waals surface area (Å²) in [5, 5.41) is 0. The van der Waals surface area contributed by atoms with Crippen molar-refractivity contribution in [2.45, 2.75) is 12.5 Å². The monoisotopic (exact) mass is 324 g/mol. The van der Waals surface area contributed by atoms with E-state index in [1.54, 1.807) is 0 Å². The van der Waals surface area contributed by atoms with Gasteiger partial charge in [0.2, 0.25) is 0 Å². The van der Waals surface area contributed by atoms with Gasteiger partial charge in [0, 0.05) is 12.6 Å². The van der Waals surface area contributed by atoms with Crippen LogP contribution in [-0.2, 0) is 0 Å². The van der Waals surface area contributed by atoms with Crippen molar-refractivity contribution in [3.8, 4) is 0 Å². The van der Waals surface area contributed by atoms with E-state index in [-0.39, 0.29) is 30.9 Å². The normalized spacial score (nSPS) is 10.8. The summed E-state index contributed by atoms with van der Waals surface area (Å²) >= 11 is 0. The topological polar surface area (TPSA) is 52.0 Å². The van der Waals surface area contributed by atoms with E-state index in [2.05, 4.69) is 54.6 Å². The second-order valence-electron chi connectivity index (χ2n) is 4.58. The fourth-order valence-corrected chi connectivity index (χ4v) is 2.00. The Balaban J connectivity index is 0.00000200. The van der Waals surface area contributed by atoms with Crippen molar-refractivity contribution in [1.29, 1.82) is 0 Å². The molecule has 1 unspecified atom stereocenters. The van der Waals surface area contributed by atoms with Crippen LogP contribution in [-0.4, -0.2) is 12.6 Å². The maximum Gasteiger partial charge on any atom is 0.0198 e. The third kappa shape index (κ3) is 5.90. The van der Waals surface area contributed by atoms with E-state index < -0.39 is 0 Å². The average Bonchev–Trinajstić information content (AvgIpc) is 2.49. The Kier molecular flexibility index (Phi) is 9.76. The third-order valence-electron chi connectivity index (χ3n) is 3.10. The zero-order chi connectivity index (χ0) is 13.5. The van der Waals surface area contributed by atoms with E-state index in [0.29, 0.717) is 6.54 Å². The largest absolute Gasteiger partial charge is 0.329 e. The minimum Gasteiger partial charge on any atom is -0.329 e. The molecule has 4 heteroatoms. The fraction of sp³-hybridized carbons (Fsp3) is 0.176. The molecule has 4 N–H and O–H groups in total. The van der Waals surface area contributed by atoms with Gasteiger partial charge in [-0.15, -0.1) is 24.8 Å². The number of benzene rings is 2. The molecule has 0 aromatic heterocycles. The average molecular weight is 325 g/mol.